The Kier molecular flexibility index (Phi) is 4.06. The molecule has 2 rings (SSSR count). The highest BCUT2D eigenvalue weighted by atomic mass is 15.2. The van der Waals surface area contributed by atoms with Crippen LogP contribution >= 0.6 is 0 Å². The molecule has 0 saturated heterocycles. The van der Waals surface area contributed by atoms with Crippen molar-refractivity contribution in [2.75, 3.05) is 18.5 Å². The van der Waals surface area contributed by atoms with Gasteiger partial charge in [0.2, 0.25) is 0 Å². The summed E-state index contributed by atoms with van der Waals surface area (Å²) in [5.41, 5.74) is 2.72. The zero-order valence-corrected chi connectivity index (χ0v) is 11.2. The number of nitrogens with zero attached hydrogens (tertiary/aromatic N) is 1. The van der Waals surface area contributed by atoms with E-state index in [1.165, 1.54) is 30.5 Å². The van der Waals surface area contributed by atoms with Gasteiger partial charge in [-0.3, -0.25) is 0 Å². The van der Waals surface area contributed by atoms with Crippen LogP contribution in [0.25, 0.3) is 0 Å². The molecule has 1 aliphatic carbocycles. The minimum absolute atomic E-state index is 0.594. The van der Waals surface area contributed by atoms with Gasteiger partial charge in [-0.05, 0) is 37.8 Å². The van der Waals surface area contributed by atoms with Gasteiger partial charge in [-0.25, -0.2) is 0 Å². The van der Waals surface area contributed by atoms with E-state index in [4.69, 9.17) is 0 Å². The number of aryl methyl sites for hydroxylation is 1. The van der Waals surface area contributed by atoms with Gasteiger partial charge in [0.05, 0.1) is 0 Å². The van der Waals surface area contributed by atoms with Gasteiger partial charge >= 0.3 is 0 Å². The van der Waals surface area contributed by atoms with E-state index in [-0.39, 0.29) is 0 Å². The van der Waals surface area contributed by atoms with Crippen LogP contribution in [0.3, 0.4) is 0 Å². The van der Waals surface area contributed by atoms with Crippen LogP contribution in [0.4, 0.5) is 5.69 Å². The number of benzene rings is 1. The molecule has 0 aliphatic heterocycles. The molecule has 2 nitrogen and oxygen atoms in total. The van der Waals surface area contributed by atoms with Crippen molar-refractivity contribution in [3.8, 4) is 0 Å². The van der Waals surface area contributed by atoms with Gasteiger partial charge in [0.1, 0.15) is 0 Å². The van der Waals surface area contributed by atoms with Crippen molar-refractivity contribution in [1.29, 1.82) is 0 Å². The van der Waals surface area contributed by atoms with Gasteiger partial charge < -0.3 is 10.2 Å². The average molecular weight is 232 g/mol. The lowest BCUT2D eigenvalue weighted by molar-refractivity contribution is 0.538. The maximum Gasteiger partial charge on any atom is 0.0408 e. The van der Waals surface area contributed by atoms with E-state index in [1.54, 1.807) is 0 Å². The van der Waals surface area contributed by atoms with Crippen LogP contribution in [0.1, 0.15) is 31.7 Å². The molecule has 1 aliphatic rings. The molecule has 1 unspecified atom stereocenters. The third-order valence-electron chi connectivity index (χ3n) is 3.73. The highest BCUT2D eigenvalue weighted by Crippen LogP contribution is 2.22. The van der Waals surface area contributed by atoms with E-state index < -0.39 is 0 Å². The van der Waals surface area contributed by atoms with Crippen LogP contribution in [-0.4, -0.2) is 25.7 Å². The Hall–Kier alpha value is -1.02. The Morgan fingerprint density at radius 1 is 1.35 bits per heavy atom. The van der Waals surface area contributed by atoms with Crippen molar-refractivity contribution in [1.82, 2.24) is 5.32 Å². The lowest BCUT2D eigenvalue weighted by atomic mass is 10.1. The molecule has 0 aromatic heterocycles. The molecule has 1 aromatic rings. The first-order valence-corrected chi connectivity index (χ1v) is 6.74. The monoisotopic (exact) mass is 232 g/mol. The summed E-state index contributed by atoms with van der Waals surface area (Å²) in [5, 5.41) is 3.64. The Labute approximate surface area is 105 Å². The SMILES string of the molecule is CCC(CNC1CC1)N(C)c1ccccc1C. The number of rotatable bonds is 6. The molecule has 17 heavy (non-hydrogen) atoms. The molecule has 1 N–H and O–H groups in total. The van der Waals surface area contributed by atoms with Crippen LogP contribution in [0.2, 0.25) is 0 Å². The second-order valence-corrected chi connectivity index (χ2v) is 5.14. The van der Waals surface area contributed by atoms with Gasteiger partial charge in [-0.2, -0.15) is 0 Å². The molecule has 1 fully saturated rings. The number of anilines is 1. The molecular weight excluding hydrogens is 208 g/mol. The zero-order chi connectivity index (χ0) is 12.3. The van der Waals surface area contributed by atoms with E-state index in [1.807, 2.05) is 0 Å². The van der Waals surface area contributed by atoms with Gasteiger partial charge in [0, 0.05) is 31.4 Å². The lowest BCUT2D eigenvalue weighted by Gasteiger charge is -2.31. The van der Waals surface area contributed by atoms with Crippen LogP contribution in [0.5, 0.6) is 0 Å². The van der Waals surface area contributed by atoms with Crippen molar-refractivity contribution in [2.24, 2.45) is 0 Å². The predicted molar refractivity (Wildman–Crippen MR) is 74.7 cm³/mol. The topological polar surface area (TPSA) is 15.3 Å². The van der Waals surface area contributed by atoms with Crippen molar-refractivity contribution < 1.29 is 0 Å². The van der Waals surface area contributed by atoms with Crippen molar-refractivity contribution in [3.63, 3.8) is 0 Å². The van der Waals surface area contributed by atoms with E-state index in [9.17, 15) is 0 Å². The first kappa shape index (κ1) is 12.4. The maximum absolute atomic E-state index is 3.64. The largest absolute Gasteiger partial charge is 0.370 e. The normalized spacial score (nSPS) is 16.9. The highest BCUT2D eigenvalue weighted by molar-refractivity contribution is 5.53. The fourth-order valence-electron chi connectivity index (χ4n) is 2.30. The molecule has 1 aromatic carbocycles. The van der Waals surface area contributed by atoms with Gasteiger partial charge in [-0.1, -0.05) is 25.1 Å². The zero-order valence-electron chi connectivity index (χ0n) is 11.2. The highest BCUT2D eigenvalue weighted by Gasteiger charge is 2.23. The summed E-state index contributed by atoms with van der Waals surface area (Å²) in [6.45, 7) is 5.56. The van der Waals surface area contributed by atoms with E-state index >= 15 is 0 Å². The third-order valence-corrected chi connectivity index (χ3v) is 3.73. The summed E-state index contributed by atoms with van der Waals surface area (Å²) in [4.78, 5) is 2.42. The van der Waals surface area contributed by atoms with E-state index in [2.05, 4.69) is 55.4 Å². The van der Waals surface area contributed by atoms with Crippen molar-refractivity contribution in [3.05, 3.63) is 29.8 Å². The van der Waals surface area contributed by atoms with E-state index in [0.29, 0.717) is 6.04 Å². The molecule has 2 heteroatoms. The summed E-state index contributed by atoms with van der Waals surface area (Å²) in [5.74, 6) is 0. The molecule has 1 atom stereocenters. The maximum atomic E-state index is 3.64. The van der Waals surface area contributed by atoms with Gasteiger partial charge in [-0.15, -0.1) is 0 Å². The molecular formula is C15H24N2. The number of nitrogens with one attached hydrogen (secondary N) is 1. The number of hydrogen-bond acceptors (Lipinski definition) is 2. The molecule has 94 valence electrons. The fourth-order valence-corrected chi connectivity index (χ4v) is 2.30. The summed E-state index contributed by atoms with van der Waals surface area (Å²) < 4.78 is 0. The molecule has 1 saturated carbocycles. The Morgan fingerprint density at radius 2 is 2.06 bits per heavy atom. The first-order valence-electron chi connectivity index (χ1n) is 6.74. The first-order chi connectivity index (χ1) is 8.22. The van der Waals surface area contributed by atoms with Crippen LogP contribution in [-0.2, 0) is 0 Å². The molecule has 0 amide bonds. The third kappa shape index (κ3) is 3.22. The molecule has 0 spiro atoms. The molecule has 0 bridgehead atoms. The minimum Gasteiger partial charge on any atom is -0.370 e. The summed E-state index contributed by atoms with van der Waals surface area (Å²) >= 11 is 0. The Morgan fingerprint density at radius 3 is 2.65 bits per heavy atom. The molecule has 0 heterocycles. The second kappa shape index (κ2) is 5.54. The second-order valence-electron chi connectivity index (χ2n) is 5.14. The average Bonchev–Trinajstić information content (AvgIpc) is 3.14. The van der Waals surface area contributed by atoms with Crippen LogP contribution in [0, 0.1) is 6.92 Å². The number of likely N-dealkylation sites (N-methyl/N-ethyl adjacent to an activating group) is 1. The van der Waals surface area contributed by atoms with Crippen LogP contribution in [0.15, 0.2) is 24.3 Å². The Bertz CT molecular complexity index is 358. The minimum atomic E-state index is 0.594. The predicted octanol–water partition coefficient (Wildman–Crippen LogP) is 2.96. The van der Waals surface area contributed by atoms with E-state index in [0.717, 1.165) is 12.6 Å². The standard InChI is InChI=1S/C15H24N2/c1-4-14(11-16-13-9-10-13)17(3)15-8-6-5-7-12(15)2/h5-8,13-14,16H,4,9-11H2,1-3H3. The smallest absolute Gasteiger partial charge is 0.0408 e. The van der Waals surface area contributed by atoms with Crippen molar-refractivity contribution >= 4 is 5.69 Å². The van der Waals surface area contributed by atoms with Gasteiger partial charge in [0.25, 0.3) is 0 Å². The van der Waals surface area contributed by atoms with Crippen molar-refractivity contribution in [2.45, 2.75) is 45.2 Å². The number of para-hydroxylation sites is 1. The Balaban J connectivity index is 1.99. The fraction of sp³-hybridized carbons (Fsp3) is 0.600. The quantitative estimate of drug-likeness (QED) is 0.811. The van der Waals surface area contributed by atoms with Crippen LogP contribution < -0.4 is 10.2 Å². The lowest BCUT2D eigenvalue weighted by Crippen LogP contribution is -2.40. The summed E-state index contributed by atoms with van der Waals surface area (Å²) in [6, 6.07) is 10.0. The molecule has 0 radical (unpaired) electrons. The summed E-state index contributed by atoms with van der Waals surface area (Å²) in [7, 11) is 2.21. The number of hydrogen-bond donors (Lipinski definition) is 1. The van der Waals surface area contributed by atoms with Gasteiger partial charge in [0.15, 0.2) is 0 Å². The summed E-state index contributed by atoms with van der Waals surface area (Å²) in [6.07, 6.45) is 3.92.